The van der Waals surface area contributed by atoms with Crippen LogP contribution in [0.2, 0.25) is 0 Å². The van der Waals surface area contributed by atoms with Crippen LogP contribution in [0.4, 0.5) is 0 Å². The number of rotatable bonds is 4. The van der Waals surface area contributed by atoms with Gasteiger partial charge in [0, 0.05) is 0 Å². The number of imide groups is 1. The number of hydrogen-bond acceptors (Lipinski definition) is 4. The molecule has 4 aliphatic carbocycles. The van der Waals surface area contributed by atoms with Gasteiger partial charge in [0.25, 0.3) is 11.8 Å². The van der Waals surface area contributed by atoms with Crippen molar-refractivity contribution in [2.75, 3.05) is 13.2 Å². The summed E-state index contributed by atoms with van der Waals surface area (Å²) in [5.41, 5.74) is 0.870. The van der Waals surface area contributed by atoms with E-state index in [0.717, 1.165) is 11.8 Å². The fourth-order valence-electron chi connectivity index (χ4n) is 6.09. The fourth-order valence-corrected chi connectivity index (χ4v) is 6.09. The predicted molar refractivity (Wildman–Crippen MR) is 93.3 cm³/mol. The fraction of sp³-hybridized carbons (Fsp3) is 0.571. The number of amides is 2. The minimum absolute atomic E-state index is 0.0324. The van der Waals surface area contributed by atoms with Crippen LogP contribution in [0.3, 0.4) is 0 Å². The Morgan fingerprint density at radius 1 is 0.923 bits per heavy atom. The van der Waals surface area contributed by atoms with E-state index >= 15 is 0 Å². The van der Waals surface area contributed by atoms with Gasteiger partial charge < -0.3 is 4.74 Å². The van der Waals surface area contributed by atoms with Crippen molar-refractivity contribution in [3.8, 4) is 0 Å². The van der Waals surface area contributed by atoms with Gasteiger partial charge in [0.1, 0.15) is 6.61 Å². The van der Waals surface area contributed by atoms with Crippen LogP contribution >= 0.6 is 0 Å². The summed E-state index contributed by atoms with van der Waals surface area (Å²) >= 11 is 0. The van der Waals surface area contributed by atoms with Crippen molar-refractivity contribution in [2.24, 2.45) is 29.6 Å². The third-order valence-electron chi connectivity index (χ3n) is 6.94. The second-order valence-corrected chi connectivity index (χ2v) is 8.43. The molecule has 0 unspecified atom stereocenters. The molecule has 1 aromatic rings. The number of benzene rings is 1. The Labute approximate surface area is 152 Å². The molecule has 5 aliphatic rings. The lowest BCUT2D eigenvalue weighted by Crippen LogP contribution is -2.48. The van der Waals surface area contributed by atoms with E-state index in [9.17, 15) is 14.4 Å². The summed E-state index contributed by atoms with van der Waals surface area (Å²) in [6, 6.07) is 6.83. The Bertz CT molecular complexity index is 723. The molecule has 4 bridgehead atoms. The molecular weight excluding hydrogens is 330 g/mol. The molecular formula is C21H23NO4. The number of hydrogen-bond donors (Lipinski definition) is 0. The first-order valence-electron chi connectivity index (χ1n) is 9.73. The van der Waals surface area contributed by atoms with Gasteiger partial charge in [-0.05, 0) is 67.9 Å². The van der Waals surface area contributed by atoms with Crippen LogP contribution in [0.15, 0.2) is 24.3 Å². The standard InChI is InChI=1S/C21H23NO4/c23-19-16-3-1-2-4-17(16)20(24)22(19)5-6-26-21(25)18-14-8-12-7-13(10-14)11-15(18)9-12/h1-4,12-15,18H,5-11H2. The molecule has 1 aromatic carbocycles. The predicted octanol–water partition coefficient (Wildman–Crippen LogP) is 2.90. The summed E-state index contributed by atoms with van der Waals surface area (Å²) < 4.78 is 5.54. The van der Waals surface area contributed by atoms with Gasteiger partial charge in [-0.2, -0.15) is 0 Å². The van der Waals surface area contributed by atoms with Crippen LogP contribution < -0.4 is 0 Å². The van der Waals surface area contributed by atoms with Crippen molar-refractivity contribution in [1.29, 1.82) is 0 Å². The number of ether oxygens (including phenoxy) is 1. The number of carbonyl (C=O) groups is 3. The third kappa shape index (κ3) is 2.40. The maximum Gasteiger partial charge on any atom is 0.309 e. The highest BCUT2D eigenvalue weighted by Gasteiger charge is 2.51. The molecule has 136 valence electrons. The van der Waals surface area contributed by atoms with E-state index < -0.39 is 0 Å². The molecule has 0 N–H and O–H groups in total. The second-order valence-electron chi connectivity index (χ2n) is 8.43. The number of nitrogens with zero attached hydrogens (tertiary/aromatic N) is 1. The van der Waals surface area contributed by atoms with Gasteiger partial charge in [-0.15, -0.1) is 0 Å². The molecule has 2 amide bonds. The van der Waals surface area contributed by atoms with Crippen molar-refractivity contribution in [2.45, 2.75) is 32.1 Å². The van der Waals surface area contributed by atoms with Crippen LogP contribution in [-0.4, -0.2) is 35.8 Å². The first-order chi connectivity index (χ1) is 12.6. The van der Waals surface area contributed by atoms with Gasteiger partial charge in [-0.3, -0.25) is 19.3 Å². The lowest BCUT2D eigenvalue weighted by atomic mass is 9.52. The van der Waals surface area contributed by atoms with E-state index in [-0.39, 0.29) is 36.9 Å². The minimum atomic E-state index is -0.295. The Morgan fingerprint density at radius 2 is 1.46 bits per heavy atom. The van der Waals surface area contributed by atoms with Crippen molar-refractivity contribution >= 4 is 17.8 Å². The Hall–Kier alpha value is -2.17. The quantitative estimate of drug-likeness (QED) is 0.617. The van der Waals surface area contributed by atoms with E-state index in [1.807, 2.05) is 0 Å². The molecule has 1 heterocycles. The topological polar surface area (TPSA) is 63.7 Å². The highest BCUT2D eigenvalue weighted by molar-refractivity contribution is 6.21. The molecule has 0 spiro atoms. The summed E-state index contributed by atoms with van der Waals surface area (Å²) in [5, 5.41) is 0. The van der Waals surface area contributed by atoms with Crippen molar-refractivity contribution in [1.82, 2.24) is 4.90 Å². The zero-order valence-corrected chi connectivity index (χ0v) is 14.7. The maximum atomic E-state index is 12.7. The molecule has 5 nitrogen and oxygen atoms in total. The second kappa shape index (κ2) is 5.93. The monoisotopic (exact) mass is 353 g/mol. The smallest absolute Gasteiger partial charge is 0.309 e. The highest BCUT2D eigenvalue weighted by Crippen LogP contribution is 2.56. The SMILES string of the molecule is O=C(OCCN1C(=O)c2ccccc2C1=O)C1C2CC3CC(C2)CC1C3. The molecule has 6 rings (SSSR count). The van der Waals surface area contributed by atoms with Gasteiger partial charge in [0.05, 0.1) is 23.6 Å². The molecule has 4 fully saturated rings. The number of carbonyl (C=O) groups excluding carboxylic acids is 3. The van der Waals surface area contributed by atoms with E-state index in [0.29, 0.717) is 23.0 Å². The van der Waals surface area contributed by atoms with Crippen LogP contribution in [0.1, 0.15) is 52.8 Å². The minimum Gasteiger partial charge on any atom is -0.464 e. The summed E-state index contributed by atoms with van der Waals surface area (Å²) in [5.74, 6) is 1.93. The Balaban J connectivity index is 1.20. The van der Waals surface area contributed by atoms with E-state index in [4.69, 9.17) is 4.74 Å². The summed E-state index contributed by atoms with van der Waals surface area (Å²) in [6.45, 7) is 0.221. The van der Waals surface area contributed by atoms with Crippen LogP contribution in [0.5, 0.6) is 0 Å². The zero-order valence-electron chi connectivity index (χ0n) is 14.7. The molecule has 5 heteroatoms. The zero-order chi connectivity index (χ0) is 17.8. The molecule has 0 radical (unpaired) electrons. The van der Waals surface area contributed by atoms with E-state index in [1.165, 1.54) is 37.0 Å². The van der Waals surface area contributed by atoms with Gasteiger partial charge in [0.15, 0.2) is 0 Å². The summed E-state index contributed by atoms with van der Waals surface area (Å²) in [6.07, 6.45) is 6.04. The van der Waals surface area contributed by atoms with Gasteiger partial charge in [0.2, 0.25) is 0 Å². The third-order valence-corrected chi connectivity index (χ3v) is 6.94. The van der Waals surface area contributed by atoms with Gasteiger partial charge >= 0.3 is 5.97 Å². The summed E-state index contributed by atoms with van der Waals surface area (Å²) in [4.78, 5) is 38.6. The summed E-state index contributed by atoms with van der Waals surface area (Å²) in [7, 11) is 0. The lowest BCUT2D eigenvalue weighted by molar-refractivity contribution is -0.162. The number of fused-ring (bicyclic) bond motifs is 1. The van der Waals surface area contributed by atoms with E-state index in [2.05, 4.69) is 0 Å². The molecule has 0 saturated heterocycles. The first-order valence-corrected chi connectivity index (χ1v) is 9.73. The highest BCUT2D eigenvalue weighted by atomic mass is 16.5. The average Bonchev–Trinajstić information content (AvgIpc) is 2.86. The lowest BCUT2D eigenvalue weighted by Gasteiger charge is -2.53. The van der Waals surface area contributed by atoms with Crippen molar-refractivity contribution < 1.29 is 19.1 Å². The van der Waals surface area contributed by atoms with Crippen LogP contribution in [0.25, 0.3) is 0 Å². The first kappa shape index (κ1) is 16.0. The van der Waals surface area contributed by atoms with E-state index in [1.54, 1.807) is 24.3 Å². The van der Waals surface area contributed by atoms with Crippen LogP contribution in [0, 0.1) is 29.6 Å². The molecule has 1 aliphatic heterocycles. The van der Waals surface area contributed by atoms with Gasteiger partial charge in [-0.25, -0.2) is 0 Å². The Morgan fingerprint density at radius 3 is 2.00 bits per heavy atom. The van der Waals surface area contributed by atoms with Crippen molar-refractivity contribution in [3.63, 3.8) is 0 Å². The number of esters is 1. The molecule has 4 saturated carbocycles. The largest absolute Gasteiger partial charge is 0.464 e. The normalized spacial score (nSPS) is 34.3. The molecule has 0 atom stereocenters. The molecule has 26 heavy (non-hydrogen) atoms. The average molecular weight is 353 g/mol. The molecule has 0 aromatic heterocycles. The Kier molecular flexibility index (Phi) is 3.66. The van der Waals surface area contributed by atoms with Gasteiger partial charge in [-0.1, -0.05) is 12.1 Å². The van der Waals surface area contributed by atoms with Crippen molar-refractivity contribution in [3.05, 3.63) is 35.4 Å². The maximum absolute atomic E-state index is 12.7. The van der Waals surface area contributed by atoms with Crippen LogP contribution in [-0.2, 0) is 9.53 Å².